The minimum Gasteiger partial charge on any atom is -0.413 e. The van der Waals surface area contributed by atoms with E-state index in [4.69, 9.17) is 40.9 Å². The monoisotopic (exact) mass is 598 g/mol. The molecule has 2 aromatic carbocycles. The van der Waals surface area contributed by atoms with Gasteiger partial charge in [-0.1, -0.05) is 62.4 Å². The molecule has 4 unspecified atom stereocenters. The van der Waals surface area contributed by atoms with Crippen LogP contribution in [0.1, 0.15) is 55.9 Å². The van der Waals surface area contributed by atoms with Crippen LogP contribution in [0.2, 0.25) is 32.2 Å². The maximum absolute atomic E-state index is 7.10. The van der Waals surface area contributed by atoms with Gasteiger partial charge in [-0.3, -0.25) is 0 Å². The van der Waals surface area contributed by atoms with E-state index in [2.05, 4.69) is 95.5 Å². The van der Waals surface area contributed by atoms with E-state index in [0.29, 0.717) is 25.0 Å². The second-order valence-corrected chi connectivity index (χ2v) is 21.8. The zero-order valence-electron chi connectivity index (χ0n) is 23.5. The Kier molecular flexibility index (Phi) is 10.7. The van der Waals surface area contributed by atoms with Crippen LogP contribution in [0.4, 0.5) is 0 Å². The SMILES string of the molecule is CCC(C)(O[Si]1(C)CC1(CC)O[Si](C)(C)OCc1ccc(CCl)cc1)[SiH](C)OCc1ccc(CCl)cc1. The lowest BCUT2D eigenvalue weighted by Gasteiger charge is -2.39. The Bertz CT molecular complexity index is 1010. The lowest BCUT2D eigenvalue weighted by Crippen LogP contribution is -2.53. The fourth-order valence-corrected chi connectivity index (χ4v) is 15.8. The summed E-state index contributed by atoms with van der Waals surface area (Å²) in [6.45, 7) is 16.8. The van der Waals surface area contributed by atoms with Crippen molar-refractivity contribution in [2.24, 2.45) is 0 Å². The molecule has 0 aliphatic carbocycles. The highest BCUT2D eigenvalue weighted by Gasteiger charge is 2.72. The fourth-order valence-electron chi connectivity index (χ4n) is 4.91. The van der Waals surface area contributed by atoms with Gasteiger partial charge in [0.1, 0.15) is 0 Å². The first-order valence-corrected chi connectivity index (χ1v) is 22.1. The van der Waals surface area contributed by atoms with Gasteiger partial charge >= 0.3 is 8.56 Å². The Labute approximate surface area is 238 Å². The number of halogens is 2. The Morgan fingerprint density at radius 1 is 0.919 bits per heavy atom. The molecule has 37 heavy (non-hydrogen) atoms. The third-order valence-corrected chi connectivity index (χ3v) is 17.9. The normalized spacial score (nSPS) is 24.0. The van der Waals surface area contributed by atoms with Crippen LogP contribution < -0.4 is 0 Å². The standard InChI is InChI=1S/C28H44Cl2O4Si3/c1-8-27(3,35(4)31-20-25-14-10-23(18-29)11-15-25)33-37(7)22-28(37,9-2)34-36(5,6)32-21-26-16-12-24(19-30)13-17-26/h10-17,35H,8-9,18-22H2,1-7H3. The number of benzene rings is 2. The topological polar surface area (TPSA) is 36.9 Å². The molecular formula is C28H44Cl2O4Si3. The Morgan fingerprint density at radius 2 is 1.41 bits per heavy atom. The molecule has 2 aromatic rings. The molecule has 9 heteroatoms. The van der Waals surface area contributed by atoms with Gasteiger partial charge in [-0.2, -0.15) is 0 Å². The molecule has 0 amide bonds. The van der Waals surface area contributed by atoms with Crippen molar-refractivity contribution in [2.45, 2.75) is 101 Å². The molecule has 0 radical (unpaired) electrons. The number of hydrogen-bond acceptors (Lipinski definition) is 4. The molecule has 0 spiro atoms. The van der Waals surface area contributed by atoms with Crippen LogP contribution in [0, 0.1) is 0 Å². The summed E-state index contributed by atoms with van der Waals surface area (Å²) < 4.78 is 26.9. The van der Waals surface area contributed by atoms with Crippen molar-refractivity contribution >= 4 is 49.1 Å². The summed E-state index contributed by atoms with van der Waals surface area (Å²) in [5.41, 5.74) is 4.56. The maximum atomic E-state index is 7.10. The van der Waals surface area contributed by atoms with E-state index >= 15 is 0 Å². The van der Waals surface area contributed by atoms with Gasteiger partial charge in [0.2, 0.25) is 17.4 Å². The van der Waals surface area contributed by atoms with E-state index in [-0.39, 0.29) is 10.4 Å². The molecule has 0 aromatic heterocycles. The Balaban J connectivity index is 1.60. The van der Waals surface area contributed by atoms with Crippen molar-refractivity contribution in [1.29, 1.82) is 0 Å². The van der Waals surface area contributed by atoms with Gasteiger partial charge in [0.05, 0.1) is 23.7 Å². The Morgan fingerprint density at radius 3 is 1.86 bits per heavy atom. The first-order valence-electron chi connectivity index (χ1n) is 13.4. The van der Waals surface area contributed by atoms with Crippen molar-refractivity contribution in [3.05, 3.63) is 70.8 Å². The first kappa shape index (κ1) is 31.0. The number of alkyl halides is 2. The summed E-state index contributed by atoms with van der Waals surface area (Å²) >= 11 is 11.8. The van der Waals surface area contributed by atoms with E-state index in [1.807, 2.05) is 0 Å². The highest BCUT2D eigenvalue weighted by atomic mass is 35.5. The third kappa shape index (κ3) is 7.80. The molecule has 1 heterocycles. The minimum absolute atomic E-state index is 0.187. The average molecular weight is 600 g/mol. The molecule has 4 nitrogen and oxygen atoms in total. The molecule has 1 fully saturated rings. The summed E-state index contributed by atoms with van der Waals surface area (Å²) in [5.74, 6) is 1.06. The van der Waals surface area contributed by atoms with Crippen molar-refractivity contribution in [1.82, 2.24) is 0 Å². The second-order valence-electron chi connectivity index (χ2n) is 11.2. The van der Waals surface area contributed by atoms with Gasteiger partial charge in [-0.05, 0) is 74.3 Å². The highest BCUT2D eigenvalue weighted by Crippen LogP contribution is 2.56. The van der Waals surface area contributed by atoms with Crippen molar-refractivity contribution < 1.29 is 17.7 Å². The van der Waals surface area contributed by atoms with Crippen molar-refractivity contribution in [3.8, 4) is 0 Å². The number of hydrogen-bond donors (Lipinski definition) is 0. The summed E-state index contributed by atoms with van der Waals surface area (Å²) in [5, 5.41) is -0.429. The van der Waals surface area contributed by atoms with Crippen LogP contribution >= 0.6 is 23.2 Å². The number of rotatable bonds is 15. The van der Waals surface area contributed by atoms with Crippen molar-refractivity contribution in [2.75, 3.05) is 0 Å². The molecule has 0 N–H and O–H groups in total. The smallest absolute Gasteiger partial charge is 0.332 e. The minimum atomic E-state index is -2.37. The molecule has 0 saturated carbocycles. The third-order valence-electron chi connectivity index (χ3n) is 7.94. The highest BCUT2D eigenvalue weighted by molar-refractivity contribution is 6.88. The van der Waals surface area contributed by atoms with Crippen LogP contribution in [0.5, 0.6) is 0 Å². The van der Waals surface area contributed by atoms with Crippen LogP contribution in [-0.4, -0.2) is 36.4 Å². The van der Waals surface area contributed by atoms with Gasteiger partial charge in [0.25, 0.3) is 0 Å². The Hall–Kier alpha value is -0.489. The quantitative estimate of drug-likeness (QED) is 0.154. The molecule has 206 valence electrons. The zero-order chi connectivity index (χ0) is 27.3. The van der Waals surface area contributed by atoms with E-state index < -0.39 is 25.9 Å². The van der Waals surface area contributed by atoms with E-state index in [0.717, 1.165) is 35.6 Å². The predicted octanol–water partition coefficient (Wildman–Crippen LogP) is 7.97. The van der Waals surface area contributed by atoms with E-state index in [1.165, 1.54) is 5.56 Å². The lowest BCUT2D eigenvalue weighted by atomic mass is 10.2. The first-order chi connectivity index (χ1) is 17.4. The van der Waals surface area contributed by atoms with Crippen LogP contribution in [-0.2, 0) is 42.7 Å². The lowest BCUT2D eigenvalue weighted by molar-refractivity contribution is 0.0879. The molecule has 1 aliphatic rings. The van der Waals surface area contributed by atoms with E-state index in [1.54, 1.807) is 0 Å². The largest absolute Gasteiger partial charge is 0.413 e. The van der Waals surface area contributed by atoms with Crippen LogP contribution in [0.3, 0.4) is 0 Å². The fraction of sp³-hybridized carbons (Fsp3) is 0.571. The molecule has 1 saturated heterocycles. The van der Waals surface area contributed by atoms with Crippen molar-refractivity contribution in [3.63, 3.8) is 0 Å². The van der Waals surface area contributed by atoms with Gasteiger partial charge in [0, 0.05) is 11.8 Å². The molecule has 4 atom stereocenters. The van der Waals surface area contributed by atoms with E-state index in [9.17, 15) is 0 Å². The molecule has 3 rings (SSSR count). The maximum Gasteiger partial charge on any atom is 0.332 e. The van der Waals surface area contributed by atoms with Gasteiger partial charge < -0.3 is 17.7 Å². The zero-order valence-corrected chi connectivity index (χ0v) is 28.2. The molecule has 1 aliphatic heterocycles. The van der Waals surface area contributed by atoms with Crippen LogP contribution in [0.15, 0.2) is 48.5 Å². The summed E-state index contributed by atoms with van der Waals surface area (Å²) in [4.78, 5) is 0. The average Bonchev–Trinajstić information content (AvgIpc) is 3.47. The van der Waals surface area contributed by atoms with Gasteiger partial charge in [-0.15, -0.1) is 23.2 Å². The summed E-state index contributed by atoms with van der Waals surface area (Å²) in [7, 11) is -6.13. The second kappa shape index (κ2) is 12.8. The van der Waals surface area contributed by atoms with Crippen LogP contribution in [0.25, 0.3) is 0 Å². The molecule has 0 bridgehead atoms. The predicted molar refractivity (Wildman–Crippen MR) is 162 cm³/mol. The van der Waals surface area contributed by atoms with Gasteiger partial charge in [0.15, 0.2) is 0 Å². The summed E-state index contributed by atoms with van der Waals surface area (Å²) in [6.07, 6.45) is 1.88. The van der Waals surface area contributed by atoms with Gasteiger partial charge in [-0.25, -0.2) is 0 Å². The summed E-state index contributed by atoms with van der Waals surface area (Å²) in [6, 6.07) is 17.6. The molecular weight excluding hydrogens is 555 g/mol.